The molecule has 3 aliphatic rings. The van der Waals surface area contributed by atoms with Crippen LogP contribution in [0.4, 0.5) is 0 Å². The van der Waals surface area contributed by atoms with Crippen molar-refractivity contribution in [1.29, 1.82) is 0 Å². The number of hydrogen-bond donors (Lipinski definition) is 0. The molecular formula is C76H46N4S2. The maximum absolute atomic E-state index is 5.41. The van der Waals surface area contributed by atoms with Crippen LogP contribution >= 0.6 is 22.7 Å². The van der Waals surface area contributed by atoms with E-state index in [1.807, 2.05) is 34.8 Å². The van der Waals surface area contributed by atoms with Crippen molar-refractivity contribution >= 4 is 63.0 Å². The summed E-state index contributed by atoms with van der Waals surface area (Å²) >= 11 is 3.71. The summed E-state index contributed by atoms with van der Waals surface area (Å²) in [4.78, 5) is 21.6. The van der Waals surface area contributed by atoms with Crippen LogP contribution in [-0.4, -0.2) is 19.9 Å². The van der Waals surface area contributed by atoms with Crippen molar-refractivity contribution in [2.75, 3.05) is 0 Å². The van der Waals surface area contributed by atoms with Gasteiger partial charge in [0, 0.05) is 96.7 Å². The van der Waals surface area contributed by atoms with Crippen LogP contribution in [0.25, 0.3) is 130 Å². The molecule has 0 fully saturated rings. The van der Waals surface area contributed by atoms with Crippen molar-refractivity contribution in [3.8, 4) is 90.1 Å². The van der Waals surface area contributed by atoms with E-state index in [9.17, 15) is 0 Å². The molecule has 82 heavy (non-hydrogen) atoms. The first kappa shape index (κ1) is 46.9. The molecule has 4 nitrogen and oxygen atoms in total. The maximum atomic E-state index is 5.41. The van der Waals surface area contributed by atoms with Crippen LogP contribution in [0, 0.1) is 0 Å². The molecule has 0 spiro atoms. The standard InChI is InChI=1S/C76H46N4S2/c1-3-19-45(20-4-1)75-77-65(43-67(79-75)51-25-9-7-23-49(51)59-31-17-33-61-53-27-13-15-35-69(53)81-73(59)61)47-37-39-57-63(41-47)71-55-29-11-12-30-56(55)72(57)64-42-48(38-40-58(64)71)66-44-68(80-76(78-66)46-21-5-2-6-22-46)52-26-10-8-24-50(52)60-32-18-34-62-54-28-14-16-36-70(54)82-74(60)62/h1-44,71-72H. The Hall–Kier alpha value is -9.98. The average molecular weight is 1080 g/mol. The minimum Gasteiger partial charge on any atom is -0.228 e. The van der Waals surface area contributed by atoms with Gasteiger partial charge in [-0.15, -0.1) is 22.7 Å². The summed E-state index contributed by atoms with van der Waals surface area (Å²) in [5.41, 5.74) is 22.5. The lowest BCUT2D eigenvalue weighted by atomic mass is 9.60. The summed E-state index contributed by atoms with van der Waals surface area (Å²) in [6.45, 7) is 0. The van der Waals surface area contributed by atoms with Gasteiger partial charge >= 0.3 is 0 Å². The Morgan fingerprint density at radius 2 is 0.585 bits per heavy atom. The van der Waals surface area contributed by atoms with Gasteiger partial charge in [0.1, 0.15) is 0 Å². The van der Waals surface area contributed by atoms with Gasteiger partial charge < -0.3 is 0 Å². The number of benzene rings is 11. The highest BCUT2D eigenvalue weighted by molar-refractivity contribution is 7.26. The van der Waals surface area contributed by atoms with E-state index in [0.717, 1.165) is 67.3 Å². The average Bonchev–Trinajstić information content (AvgIpc) is 3.99. The maximum Gasteiger partial charge on any atom is 0.160 e. The molecule has 18 rings (SSSR count). The van der Waals surface area contributed by atoms with Gasteiger partial charge in [-0.1, -0.05) is 231 Å². The zero-order chi connectivity index (χ0) is 53.8. The zero-order valence-electron chi connectivity index (χ0n) is 44.2. The summed E-state index contributed by atoms with van der Waals surface area (Å²) in [6, 6.07) is 96.8. The van der Waals surface area contributed by atoms with Crippen LogP contribution in [0.5, 0.6) is 0 Å². The third-order valence-corrected chi connectivity index (χ3v) is 19.4. The molecule has 4 heterocycles. The predicted molar refractivity (Wildman–Crippen MR) is 342 cm³/mol. The molecule has 2 atom stereocenters. The summed E-state index contributed by atoms with van der Waals surface area (Å²) in [7, 11) is 0. The molecule has 0 radical (unpaired) electrons. The van der Waals surface area contributed by atoms with E-state index in [4.69, 9.17) is 19.9 Å². The van der Waals surface area contributed by atoms with Gasteiger partial charge in [-0.05, 0) is 80.9 Å². The molecule has 4 aromatic heterocycles. The van der Waals surface area contributed by atoms with Crippen molar-refractivity contribution in [3.05, 3.63) is 300 Å². The number of rotatable bonds is 8. The SMILES string of the molecule is c1ccc(-c2nc(-c3ccc4c(c3)C3c5ccccc5C4c4cc(-c5cc(-c6ccccc6-c6cccc7c6sc6ccccc67)nc(-c6ccccc6)n5)ccc43)cc(-c3ccccc3-c3cccc4c3sc3ccccc34)n2)cc1. The van der Waals surface area contributed by atoms with Gasteiger partial charge in [-0.3, -0.25) is 0 Å². The summed E-state index contributed by atoms with van der Waals surface area (Å²) in [5.74, 6) is 1.46. The second-order valence-corrected chi connectivity index (χ2v) is 23.6. The van der Waals surface area contributed by atoms with Gasteiger partial charge in [0.05, 0.1) is 22.8 Å². The number of aromatic nitrogens is 4. The Labute approximate surface area is 482 Å². The molecule has 0 N–H and O–H groups in total. The lowest BCUT2D eigenvalue weighted by Gasteiger charge is -2.42. The van der Waals surface area contributed by atoms with Crippen LogP contribution in [0.1, 0.15) is 45.2 Å². The topological polar surface area (TPSA) is 51.6 Å². The molecule has 15 aromatic rings. The van der Waals surface area contributed by atoms with E-state index < -0.39 is 0 Å². The van der Waals surface area contributed by atoms with Gasteiger partial charge in [0.15, 0.2) is 11.6 Å². The molecule has 3 aliphatic carbocycles. The van der Waals surface area contributed by atoms with E-state index >= 15 is 0 Å². The van der Waals surface area contributed by atoms with Crippen LogP contribution in [0.3, 0.4) is 0 Å². The number of hydrogen-bond acceptors (Lipinski definition) is 6. The third-order valence-electron chi connectivity index (χ3n) is 16.9. The highest BCUT2D eigenvalue weighted by atomic mass is 32.1. The number of thiophene rings is 2. The largest absolute Gasteiger partial charge is 0.228 e. The smallest absolute Gasteiger partial charge is 0.160 e. The highest BCUT2D eigenvalue weighted by Crippen LogP contribution is 2.57. The van der Waals surface area contributed by atoms with Gasteiger partial charge in [-0.25, -0.2) is 19.9 Å². The normalized spacial score (nSPS) is 14.1. The monoisotopic (exact) mass is 1080 g/mol. The zero-order valence-corrected chi connectivity index (χ0v) is 45.8. The lowest BCUT2D eigenvalue weighted by molar-refractivity contribution is 0.755. The molecule has 0 aliphatic heterocycles. The minimum atomic E-state index is 0.0296. The van der Waals surface area contributed by atoms with Crippen molar-refractivity contribution in [1.82, 2.24) is 19.9 Å². The van der Waals surface area contributed by atoms with Gasteiger partial charge in [-0.2, -0.15) is 0 Å². The molecule has 2 bridgehead atoms. The first-order chi connectivity index (χ1) is 40.6. The van der Waals surface area contributed by atoms with E-state index in [1.165, 1.54) is 84.9 Å². The molecule has 11 aromatic carbocycles. The highest BCUT2D eigenvalue weighted by Gasteiger charge is 2.41. The fourth-order valence-electron chi connectivity index (χ4n) is 13.2. The Bertz CT molecular complexity index is 4760. The second kappa shape index (κ2) is 18.8. The number of nitrogens with zero attached hydrogens (tertiary/aromatic N) is 4. The van der Waals surface area contributed by atoms with Crippen LogP contribution < -0.4 is 0 Å². The molecule has 6 heteroatoms. The summed E-state index contributed by atoms with van der Waals surface area (Å²) in [5, 5.41) is 5.13. The van der Waals surface area contributed by atoms with E-state index in [0.29, 0.717) is 11.6 Å². The Morgan fingerprint density at radius 3 is 1.05 bits per heavy atom. The second-order valence-electron chi connectivity index (χ2n) is 21.5. The van der Waals surface area contributed by atoms with E-state index in [-0.39, 0.29) is 11.8 Å². The van der Waals surface area contributed by atoms with Crippen LogP contribution in [0.15, 0.2) is 267 Å². The fourth-order valence-corrected chi connectivity index (χ4v) is 15.7. The predicted octanol–water partition coefficient (Wildman–Crippen LogP) is 20.3. The van der Waals surface area contributed by atoms with Gasteiger partial charge in [0.2, 0.25) is 0 Å². The Kier molecular flexibility index (Phi) is 10.8. The van der Waals surface area contributed by atoms with Crippen molar-refractivity contribution in [2.24, 2.45) is 0 Å². The lowest BCUT2D eigenvalue weighted by Crippen LogP contribution is -2.27. The molecule has 0 saturated carbocycles. The van der Waals surface area contributed by atoms with Crippen molar-refractivity contribution in [2.45, 2.75) is 11.8 Å². The van der Waals surface area contributed by atoms with Crippen molar-refractivity contribution < 1.29 is 0 Å². The third kappa shape index (κ3) is 7.49. The quantitative estimate of drug-likeness (QED) is 0.152. The number of fused-ring (bicyclic) bond motifs is 6. The van der Waals surface area contributed by atoms with Crippen LogP contribution in [-0.2, 0) is 0 Å². The van der Waals surface area contributed by atoms with Crippen LogP contribution in [0.2, 0.25) is 0 Å². The van der Waals surface area contributed by atoms with Crippen molar-refractivity contribution in [3.63, 3.8) is 0 Å². The Morgan fingerprint density at radius 1 is 0.232 bits per heavy atom. The van der Waals surface area contributed by atoms with E-state index in [2.05, 4.69) is 255 Å². The van der Waals surface area contributed by atoms with E-state index in [1.54, 1.807) is 0 Å². The fraction of sp³-hybridized carbons (Fsp3) is 0.0263. The summed E-state index contributed by atoms with van der Waals surface area (Å²) < 4.78 is 5.14. The molecule has 0 saturated heterocycles. The molecular weight excluding hydrogens is 1030 g/mol. The Balaban J connectivity index is 0.792. The first-order valence-corrected chi connectivity index (χ1v) is 29.5. The first-order valence-electron chi connectivity index (χ1n) is 27.9. The minimum absolute atomic E-state index is 0.0296. The molecule has 2 unspecified atom stereocenters. The van der Waals surface area contributed by atoms with Gasteiger partial charge in [0.25, 0.3) is 0 Å². The molecule has 382 valence electrons. The molecule has 0 amide bonds. The summed E-state index contributed by atoms with van der Waals surface area (Å²) in [6.07, 6.45) is 0.